The van der Waals surface area contributed by atoms with Gasteiger partial charge in [-0.1, -0.05) is 63.6 Å². The molecule has 0 aliphatic carbocycles. The number of nitrogens with one attached hydrogen (secondary N) is 1. The largest absolute Gasteiger partial charge is 0.465 e. The number of benzene rings is 2. The molecular weight excluding hydrogens is 476 g/mol. The van der Waals surface area contributed by atoms with E-state index in [9.17, 15) is 19.2 Å². The highest BCUT2D eigenvalue weighted by Crippen LogP contribution is 2.37. The number of ether oxygens (including phenoxy) is 1. The molecule has 4 rings (SSSR count). The van der Waals surface area contributed by atoms with Crippen molar-refractivity contribution in [2.45, 2.75) is 39.7 Å². The number of hydrogen-bond acceptors (Lipinski definition) is 6. The molecule has 0 radical (unpaired) electrons. The Labute approximate surface area is 214 Å². The molecule has 7 nitrogen and oxygen atoms in total. The fourth-order valence-electron chi connectivity index (χ4n) is 4.39. The second-order valence-corrected chi connectivity index (χ2v) is 9.62. The predicted molar refractivity (Wildman–Crippen MR) is 139 cm³/mol. The number of esters is 1. The molecule has 0 bridgehead atoms. The van der Waals surface area contributed by atoms with Crippen molar-refractivity contribution in [2.75, 3.05) is 12.4 Å². The molecule has 2 atom stereocenters. The van der Waals surface area contributed by atoms with Crippen molar-refractivity contribution >= 4 is 40.0 Å². The molecule has 1 aliphatic heterocycles. The molecule has 8 heteroatoms. The first-order chi connectivity index (χ1) is 17.3. The van der Waals surface area contributed by atoms with Crippen molar-refractivity contribution in [3.05, 3.63) is 76.2 Å². The number of anilines is 1. The van der Waals surface area contributed by atoms with E-state index in [1.807, 2.05) is 38.1 Å². The van der Waals surface area contributed by atoms with Crippen LogP contribution in [0.15, 0.2) is 53.9 Å². The second kappa shape index (κ2) is 10.5. The molecule has 0 fully saturated rings. The minimum atomic E-state index is -1.04. The minimum Gasteiger partial charge on any atom is -0.465 e. The lowest BCUT2D eigenvalue weighted by Crippen LogP contribution is -2.50. The van der Waals surface area contributed by atoms with Crippen molar-refractivity contribution in [2.24, 2.45) is 5.92 Å². The maximum absolute atomic E-state index is 13.6. The van der Waals surface area contributed by atoms with Crippen LogP contribution in [0.4, 0.5) is 5.00 Å². The van der Waals surface area contributed by atoms with Crippen LogP contribution in [0.5, 0.6) is 0 Å². The number of imide groups is 1. The average Bonchev–Trinajstić information content (AvgIpc) is 3.43. The fraction of sp³-hybridized carbons (Fsp3) is 0.286. The summed E-state index contributed by atoms with van der Waals surface area (Å²) in [6.07, 6.45) is 1.46. The van der Waals surface area contributed by atoms with Gasteiger partial charge in [-0.3, -0.25) is 19.3 Å². The van der Waals surface area contributed by atoms with Gasteiger partial charge in [0.15, 0.2) is 0 Å². The Balaban J connectivity index is 1.70. The molecule has 0 saturated heterocycles. The normalized spacial score (nSPS) is 14.4. The van der Waals surface area contributed by atoms with Crippen LogP contribution in [-0.2, 0) is 16.0 Å². The third kappa shape index (κ3) is 4.44. The van der Waals surface area contributed by atoms with Gasteiger partial charge in [-0.15, -0.1) is 11.3 Å². The van der Waals surface area contributed by atoms with Gasteiger partial charge in [0.05, 0.1) is 18.2 Å². The number of carbonyl (C=O) groups is 4. The summed E-state index contributed by atoms with van der Waals surface area (Å²) < 4.78 is 5.03. The molecule has 0 saturated carbocycles. The van der Waals surface area contributed by atoms with Gasteiger partial charge in [0.25, 0.3) is 11.8 Å². The van der Waals surface area contributed by atoms with E-state index in [0.29, 0.717) is 17.0 Å². The van der Waals surface area contributed by atoms with Gasteiger partial charge in [-0.25, -0.2) is 4.79 Å². The molecule has 3 amide bonds. The van der Waals surface area contributed by atoms with Crippen LogP contribution in [0, 0.1) is 5.92 Å². The summed E-state index contributed by atoms with van der Waals surface area (Å²) in [5, 5.41) is 4.94. The van der Waals surface area contributed by atoms with Crippen LogP contribution < -0.4 is 5.32 Å². The van der Waals surface area contributed by atoms with Gasteiger partial charge in [-0.2, -0.15) is 0 Å². The quantitative estimate of drug-likeness (QED) is 0.327. The molecule has 3 aromatic rings. The van der Waals surface area contributed by atoms with Gasteiger partial charge in [0.2, 0.25) is 5.91 Å². The van der Waals surface area contributed by atoms with Gasteiger partial charge in [0, 0.05) is 10.9 Å². The molecular formula is C28H28N2O5S. The minimum absolute atomic E-state index is 0.241. The standard InChI is InChI=1S/C28H28N2O5S/c1-5-16(3)23(30-26(32)19-9-7-8-10-20(19)27(30)33)24(31)29-25-22(28(34)35-4)21(15-36-25)18-13-11-17(6-2)12-14-18/h7-16,23H,5-6H2,1-4H3,(H,29,31). The summed E-state index contributed by atoms with van der Waals surface area (Å²) in [5.41, 5.74) is 3.44. The fourth-order valence-corrected chi connectivity index (χ4v) is 5.35. The molecule has 2 unspecified atom stereocenters. The molecule has 1 aliphatic rings. The monoisotopic (exact) mass is 504 g/mol. The number of nitrogens with zero attached hydrogens (tertiary/aromatic N) is 1. The van der Waals surface area contributed by atoms with Gasteiger partial charge < -0.3 is 10.1 Å². The Hall–Kier alpha value is -3.78. The number of aryl methyl sites for hydroxylation is 1. The Morgan fingerprint density at radius 2 is 1.58 bits per heavy atom. The summed E-state index contributed by atoms with van der Waals surface area (Å²) in [5.74, 6) is -2.41. The first-order valence-corrected chi connectivity index (χ1v) is 12.8. The summed E-state index contributed by atoms with van der Waals surface area (Å²) in [7, 11) is 1.29. The topological polar surface area (TPSA) is 92.8 Å². The van der Waals surface area contributed by atoms with Crippen LogP contribution in [-0.4, -0.2) is 41.7 Å². The van der Waals surface area contributed by atoms with E-state index in [2.05, 4.69) is 12.2 Å². The van der Waals surface area contributed by atoms with Crippen LogP contribution in [0.1, 0.15) is 63.8 Å². The summed E-state index contributed by atoms with van der Waals surface area (Å²) in [6.45, 7) is 5.78. The van der Waals surface area contributed by atoms with Crippen molar-refractivity contribution in [3.8, 4) is 11.1 Å². The van der Waals surface area contributed by atoms with E-state index in [0.717, 1.165) is 16.9 Å². The van der Waals surface area contributed by atoms with Gasteiger partial charge in [0.1, 0.15) is 16.6 Å². The van der Waals surface area contributed by atoms with Crippen LogP contribution >= 0.6 is 11.3 Å². The first-order valence-electron chi connectivity index (χ1n) is 11.9. The Kier molecular flexibility index (Phi) is 7.35. The zero-order valence-electron chi connectivity index (χ0n) is 20.7. The Morgan fingerprint density at radius 1 is 0.972 bits per heavy atom. The van der Waals surface area contributed by atoms with E-state index in [4.69, 9.17) is 4.74 Å². The van der Waals surface area contributed by atoms with Crippen molar-refractivity contribution in [3.63, 3.8) is 0 Å². The van der Waals surface area contributed by atoms with E-state index < -0.39 is 29.7 Å². The number of amides is 3. The molecule has 186 valence electrons. The molecule has 2 heterocycles. The van der Waals surface area contributed by atoms with E-state index in [1.165, 1.54) is 24.0 Å². The third-order valence-corrected chi connectivity index (χ3v) is 7.54. The van der Waals surface area contributed by atoms with Crippen molar-refractivity contribution < 1.29 is 23.9 Å². The number of hydrogen-bond donors (Lipinski definition) is 1. The SMILES string of the molecule is CCc1ccc(-c2csc(NC(=O)C(C(C)CC)N3C(=O)c4ccccc4C3=O)c2C(=O)OC)cc1. The zero-order valence-corrected chi connectivity index (χ0v) is 21.5. The third-order valence-electron chi connectivity index (χ3n) is 6.65. The number of carbonyl (C=O) groups excluding carboxylic acids is 4. The number of rotatable bonds is 8. The highest BCUT2D eigenvalue weighted by Gasteiger charge is 2.44. The highest BCUT2D eigenvalue weighted by molar-refractivity contribution is 7.15. The smallest absolute Gasteiger partial charge is 0.341 e. The Morgan fingerprint density at radius 3 is 2.11 bits per heavy atom. The maximum Gasteiger partial charge on any atom is 0.341 e. The zero-order chi connectivity index (χ0) is 26.0. The summed E-state index contributed by atoms with van der Waals surface area (Å²) in [4.78, 5) is 53.7. The van der Waals surface area contributed by atoms with E-state index in [1.54, 1.807) is 29.6 Å². The molecule has 36 heavy (non-hydrogen) atoms. The first kappa shape index (κ1) is 25.3. The van der Waals surface area contributed by atoms with E-state index in [-0.39, 0.29) is 22.6 Å². The van der Waals surface area contributed by atoms with Gasteiger partial charge >= 0.3 is 5.97 Å². The number of thiophene rings is 1. The molecule has 1 N–H and O–H groups in total. The highest BCUT2D eigenvalue weighted by atomic mass is 32.1. The van der Waals surface area contributed by atoms with Crippen LogP contribution in [0.3, 0.4) is 0 Å². The molecule has 0 spiro atoms. The lowest BCUT2D eigenvalue weighted by atomic mass is 9.96. The summed E-state index contributed by atoms with van der Waals surface area (Å²) >= 11 is 1.20. The second-order valence-electron chi connectivity index (χ2n) is 8.74. The van der Waals surface area contributed by atoms with Crippen LogP contribution in [0.25, 0.3) is 11.1 Å². The average molecular weight is 505 g/mol. The van der Waals surface area contributed by atoms with E-state index >= 15 is 0 Å². The number of methoxy groups -OCH3 is 1. The van der Waals surface area contributed by atoms with Crippen molar-refractivity contribution in [1.29, 1.82) is 0 Å². The predicted octanol–water partition coefficient (Wildman–Crippen LogP) is 5.41. The lowest BCUT2D eigenvalue weighted by Gasteiger charge is -2.29. The van der Waals surface area contributed by atoms with Gasteiger partial charge in [-0.05, 0) is 35.6 Å². The molecule has 1 aromatic heterocycles. The number of fused-ring (bicyclic) bond motifs is 1. The maximum atomic E-state index is 13.6. The lowest BCUT2D eigenvalue weighted by molar-refractivity contribution is -0.121. The summed E-state index contributed by atoms with van der Waals surface area (Å²) in [6, 6.07) is 13.4. The van der Waals surface area contributed by atoms with Crippen molar-refractivity contribution in [1.82, 2.24) is 4.90 Å². The molecule has 2 aromatic carbocycles. The van der Waals surface area contributed by atoms with Crippen LogP contribution in [0.2, 0.25) is 0 Å². The Bertz CT molecular complexity index is 1290.